The zero-order chi connectivity index (χ0) is 9.64. The SMILES string of the molecule is CN1C2CCC1C(CC(C)(C)C)C2. The molecule has 3 unspecified atom stereocenters. The van der Waals surface area contributed by atoms with Crippen molar-refractivity contribution in [2.75, 3.05) is 7.05 Å². The van der Waals surface area contributed by atoms with Crippen molar-refractivity contribution in [3.63, 3.8) is 0 Å². The molecule has 2 heterocycles. The molecule has 2 bridgehead atoms. The lowest BCUT2D eigenvalue weighted by Gasteiger charge is -2.28. The first kappa shape index (κ1) is 9.51. The molecule has 1 nitrogen and oxygen atoms in total. The Bertz CT molecular complexity index is 192. The van der Waals surface area contributed by atoms with Crippen molar-refractivity contribution in [1.82, 2.24) is 4.90 Å². The summed E-state index contributed by atoms with van der Waals surface area (Å²) in [7, 11) is 2.32. The molecule has 2 aliphatic heterocycles. The van der Waals surface area contributed by atoms with E-state index in [2.05, 4.69) is 32.7 Å². The fraction of sp³-hybridized carbons (Fsp3) is 1.00. The van der Waals surface area contributed by atoms with Gasteiger partial charge in [0.1, 0.15) is 0 Å². The Morgan fingerprint density at radius 3 is 2.31 bits per heavy atom. The van der Waals surface area contributed by atoms with Crippen molar-refractivity contribution in [1.29, 1.82) is 0 Å². The minimum Gasteiger partial charge on any atom is -0.300 e. The molecule has 0 aliphatic carbocycles. The van der Waals surface area contributed by atoms with Crippen LogP contribution in [-0.4, -0.2) is 24.0 Å². The fourth-order valence-corrected chi connectivity index (χ4v) is 3.41. The van der Waals surface area contributed by atoms with Crippen LogP contribution in [0.4, 0.5) is 0 Å². The number of hydrogen-bond donors (Lipinski definition) is 0. The second-order valence-electron chi connectivity index (χ2n) is 6.22. The van der Waals surface area contributed by atoms with Crippen molar-refractivity contribution >= 4 is 0 Å². The van der Waals surface area contributed by atoms with E-state index >= 15 is 0 Å². The highest BCUT2D eigenvalue weighted by Gasteiger charge is 2.44. The normalized spacial score (nSPS) is 40.2. The standard InChI is InChI=1S/C12H23N/c1-12(2,3)8-9-7-10-5-6-11(9)13(10)4/h9-11H,5-8H2,1-4H3. The van der Waals surface area contributed by atoms with Gasteiger partial charge in [-0.05, 0) is 44.1 Å². The van der Waals surface area contributed by atoms with Crippen LogP contribution in [0.5, 0.6) is 0 Å². The Kier molecular flexibility index (Phi) is 2.18. The number of nitrogens with zero attached hydrogens (tertiary/aromatic N) is 1. The molecule has 0 aromatic carbocycles. The molecule has 2 aliphatic rings. The van der Waals surface area contributed by atoms with Gasteiger partial charge in [-0.2, -0.15) is 0 Å². The van der Waals surface area contributed by atoms with Crippen LogP contribution in [0.1, 0.15) is 46.5 Å². The van der Waals surface area contributed by atoms with Crippen molar-refractivity contribution in [3.8, 4) is 0 Å². The van der Waals surface area contributed by atoms with Gasteiger partial charge in [-0.1, -0.05) is 20.8 Å². The summed E-state index contributed by atoms with van der Waals surface area (Å²) < 4.78 is 0. The van der Waals surface area contributed by atoms with Crippen LogP contribution in [0.3, 0.4) is 0 Å². The molecule has 0 aromatic heterocycles. The van der Waals surface area contributed by atoms with Crippen molar-refractivity contribution in [3.05, 3.63) is 0 Å². The fourth-order valence-electron chi connectivity index (χ4n) is 3.41. The van der Waals surface area contributed by atoms with Gasteiger partial charge in [-0.3, -0.25) is 0 Å². The molecule has 1 heteroatoms. The topological polar surface area (TPSA) is 3.24 Å². The van der Waals surface area contributed by atoms with E-state index in [1.165, 1.54) is 25.7 Å². The van der Waals surface area contributed by atoms with Gasteiger partial charge in [0.05, 0.1) is 0 Å². The van der Waals surface area contributed by atoms with Crippen LogP contribution in [0.15, 0.2) is 0 Å². The molecule has 2 saturated heterocycles. The molecular formula is C12H23N. The van der Waals surface area contributed by atoms with Crippen LogP contribution < -0.4 is 0 Å². The molecule has 0 aromatic rings. The van der Waals surface area contributed by atoms with E-state index in [0.29, 0.717) is 5.41 Å². The predicted octanol–water partition coefficient (Wildman–Crippen LogP) is 2.91. The Morgan fingerprint density at radius 1 is 1.23 bits per heavy atom. The first-order valence-corrected chi connectivity index (χ1v) is 5.69. The Balaban J connectivity index is 1.97. The highest BCUT2D eigenvalue weighted by molar-refractivity contribution is 4.99. The first-order valence-electron chi connectivity index (χ1n) is 5.69. The van der Waals surface area contributed by atoms with Crippen molar-refractivity contribution in [2.45, 2.75) is 58.5 Å². The molecule has 2 rings (SSSR count). The third-order valence-electron chi connectivity index (χ3n) is 3.89. The third kappa shape index (κ3) is 1.76. The summed E-state index contributed by atoms with van der Waals surface area (Å²) in [5, 5.41) is 0. The maximum atomic E-state index is 2.64. The summed E-state index contributed by atoms with van der Waals surface area (Å²) in [6.07, 6.45) is 5.81. The summed E-state index contributed by atoms with van der Waals surface area (Å²) in [6.45, 7) is 7.12. The second kappa shape index (κ2) is 2.98. The van der Waals surface area contributed by atoms with Crippen molar-refractivity contribution in [2.24, 2.45) is 11.3 Å². The minimum absolute atomic E-state index is 0.524. The molecule has 76 valence electrons. The predicted molar refractivity (Wildman–Crippen MR) is 56.8 cm³/mol. The van der Waals surface area contributed by atoms with Gasteiger partial charge < -0.3 is 4.90 Å². The van der Waals surface area contributed by atoms with Crippen molar-refractivity contribution < 1.29 is 0 Å². The third-order valence-corrected chi connectivity index (χ3v) is 3.89. The lowest BCUT2D eigenvalue weighted by atomic mass is 9.77. The summed E-state index contributed by atoms with van der Waals surface area (Å²) in [4.78, 5) is 2.64. The molecule has 0 N–H and O–H groups in total. The molecule has 3 atom stereocenters. The van der Waals surface area contributed by atoms with E-state index < -0.39 is 0 Å². The molecule has 0 spiro atoms. The smallest absolute Gasteiger partial charge is 0.0125 e. The van der Waals surface area contributed by atoms with Gasteiger partial charge in [-0.25, -0.2) is 0 Å². The Labute approximate surface area is 82.5 Å². The Morgan fingerprint density at radius 2 is 1.92 bits per heavy atom. The average molecular weight is 181 g/mol. The summed E-state index contributed by atoms with van der Waals surface area (Å²) in [6, 6.07) is 1.85. The summed E-state index contributed by atoms with van der Waals surface area (Å²) in [5.41, 5.74) is 0.524. The highest BCUT2D eigenvalue weighted by Crippen LogP contribution is 2.44. The number of fused-ring (bicyclic) bond motifs is 2. The quantitative estimate of drug-likeness (QED) is 0.601. The van der Waals surface area contributed by atoms with Crippen LogP contribution in [-0.2, 0) is 0 Å². The second-order valence-corrected chi connectivity index (χ2v) is 6.22. The monoisotopic (exact) mass is 181 g/mol. The zero-order valence-corrected chi connectivity index (χ0v) is 9.51. The lowest BCUT2D eigenvalue weighted by Crippen LogP contribution is -2.27. The van der Waals surface area contributed by atoms with Crippen LogP contribution in [0, 0.1) is 11.3 Å². The van der Waals surface area contributed by atoms with E-state index in [4.69, 9.17) is 0 Å². The number of rotatable bonds is 1. The largest absolute Gasteiger partial charge is 0.300 e. The van der Waals surface area contributed by atoms with E-state index in [0.717, 1.165) is 18.0 Å². The maximum Gasteiger partial charge on any atom is 0.0125 e. The van der Waals surface area contributed by atoms with Gasteiger partial charge in [0.25, 0.3) is 0 Å². The number of hydrogen-bond acceptors (Lipinski definition) is 1. The molecule has 2 fully saturated rings. The van der Waals surface area contributed by atoms with Gasteiger partial charge >= 0.3 is 0 Å². The molecule has 13 heavy (non-hydrogen) atoms. The van der Waals surface area contributed by atoms with E-state index in [1.54, 1.807) is 0 Å². The summed E-state index contributed by atoms with van der Waals surface area (Å²) in [5.74, 6) is 0.990. The molecule has 0 radical (unpaired) electrons. The minimum atomic E-state index is 0.524. The maximum absolute atomic E-state index is 2.64. The van der Waals surface area contributed by atoms with Crippen LogP contribution >= 0.6 is 0 Å². The van der Waals surface area contributed by atoms with Gasteiger partial charge in [0.2, 0.25) is 0 Å². The highest BCUT2D eigenvalue weighted by atomic mass is 15.2. The van der Waals surface area contributed by atoms with E-state index in [-0.39, 0.29) is 0 Å². The first-order chi connectivity index (χ1) is 5.97. The summed E-state index contributed by atoms with van der Waals surface area (Å²) >= 11 is 0. The lowest BCUT2D eigenvalue weighted by molar-refractivity contribution is 0.229. The van der Waals surface area contributed by atoms with Crippen LogP contribution in [0.2, 0.25) is 0 Å². The molecular weight excluding hydrogens is 158 g/mol. The van der Waals surface area contributed by atoms with Gasteiger partial charge in [0.15, 0.2) is 0 Å². The molecule has 0 saturated carbocycles. The van der Waals surface area contributed by atoms with E-state index in [1.807, 2.05) is 0 Å². The molecule has 0 amide bonds. The van der Waals surface area contributed by atoms with Gasteiger partial charge in [0, 0.05) is 12.1 Å². The Hall–Kier alpha value is -0.0400. The van der Waals surface area contributed by atoms with Gasteiger partial charge in [-0.15, -0.1) is 0 Å². The average Bonchev–Trinajstić information content (AvgIpc) is 2.42. The van der Waals surface area contributed by atoms with Crippen LogP contribution in [0.25, 0.3) is 0 Å². The zero-order valence-electron chi connectivity index (χ0n) is 9.51. The van der Waals surface area contributed by atoms with E-state index in [9.17, 15) is 0 Å².